The van der Waals surface area contributed by atoms with Gasteiger partial charge in [0, 0.05) is 43.7 Å². The first-order chi connectivity index (χ1) is 14.5. The lowest BCUT2D eigenvalue weighted by molar-refractivity contribution is -0.135. The first kappa shape index (κ1) is 20.3. The number of amides is 2. The van der Waals surface area contributed by atoms with Crippen LogP contribution in [0.25, 0.3) is 0 Å². The molecule has 0 bridgehead atoms. The van der Waals surface area contributed by atoms with Crippen molar-refractivity contribution in [1.29, 1.82) is 0 Å². The van der Waals surface area contributed by atoms with Crippen molar-refractivity contribution in [2.24, 2.45) is 5.92 Å². The highest BCUT2D eigenvalue weighted by Crippen LogP contribution is 2.27. The maximum atomic E-state index is 13.3. The maximum Gasteiger partial charge on any atom is 0.255 e. The zero-order valence-electron chi connectivity index (χ0n) is 16.6. The van der Waals surface area contributed by atoms with E-state index in [0.717, 1.165) is 43.6 Å². The number of anilines is 2. The van der Waals surface area contributed by atoms with Crippen molar-refractivity contribution in [3.05, 3.63) is 53.7 Å². The van der Waals surface area contributed by atoms with Gasteiger partial charge in [-0.2, -0.15) is 0 Å². The number of benzene rings is 1. The summed E-state index contributed by atoms with van der Waals surface area (Å²) in [6, 6.07) is 6.16. The molecule has 1 N–H and O–H groups in total. The molecule has 2 aromatic rings. The van der Waals surface area contributed by atoms with Gasteiger partial charge in [0.1, 0.15) is 17.5 Å². The number of nitrogens with one attached hydrogen (secondary N) is 1. The van der Waals surface area contributed by atoms with Gasteiger partial charge in [-0.05, 0) is 37.1 Å². The molecule has 1 saturated carbocycles. The molecule has 0 radical (unpaired) electrons. The predicted molar refractivity (Wildman–Crippen MR) is 109 cm³/mol. The Balaban J connectivity index is 1.32. The Morgan fingerprint density at radius 1 is 0.967 bits per heavy atom. The lowest BCUT2D eigenvalue weighted by Gasteiger charge is -2.36. The average Bonchev–Trinajstić information content (AvgIpc) is 3.28. The number of carbonyl (C=O) groups is 2. The van der Waals surface area contributed by atoms with E-state index in [2.05, 4.69) is 15.2 Å². The molecule has 1 aromatic heterocycles. The molecule has 1 aliphatic heterocycles. The number of hydrogen-bond acceptors (Lipinski definition) is 4. The van der Waals surface area contributed by atoms with E-state index in [1.165, 1.54) is 6.20 Å². The predicted octanol–water partition coefficient (Wildman–Crippen LogP) is 3.45. The molecule has 0 unspecified atom stereocenters. The molecular formula is C22H24F2N4O2. The number of aromatic nitrogens is 1. The van der Waals surface area contributed by atoms with Gasteiger partial charge in [0.2, 0.25) is 5.91 Å². The Bertz CT molecular complexity index is 901. The minimum Gasteiger partial charge on any atom is -0.353 e. The quantitative estimate of drug-likeness (QED) is 0.832. The highest BCUT2D eigenvalue weighted by molar-refractivity contribution is 6.04. The van der Waals surface area contributed by atoms with E-state index in [1.54, 1.807) is 12.1 Å². The molecule has 0 atom stereocenters. The Kier molecular flexibility index (Phi) is 5.92. The molecule has 1 aromatic carbocycles. The van der Waals surface area contributed by atoms with E-state index < -0.39 is 17.5 Å². The van der Waals surface area contributed by atoms with E-state index in [1.807, 2.05) is 4.90 Å². The first-order valence-electron chi connectivity index (χ1n) is 10.3. The van der Waals surface area contributed by atoms with Crippen molar-refractivity contribution in [3.63, 3.8) is 0 Å². The van der Waals surface area contributed by atoms with Crippen LogP contribution in [0.4, 0.5) is 20.3 Å². The molecule has 2 amide bonds. The van der Waals surface area contributed by atoms with E-state index in [4.69, 9.17) is 0 Å². The van der Waals surface area contributed by atoms with Crippen molar-refractivity contribution >= 4 is 23.3 Å². The molecule has 0 spiro atoms. The number of piperazine rings is 1. The summed E-state index contributed by atoms with van der Waals surface area (Å²) in [6.07, 6.45) is 5.83. The van der Waals surface area contributed by atoms with Gasteiger partial charge in [-0.15, -0.1) is 0 Å². The molecule has 1 aliphatic carbocycles. The van der Waals surface area contributed by atoms with Gasteiger partial charge >= 0.3 is 0 Å². The molecule has 2 heterocycles. The van der Waals surface area contributed by atoms with Crippen LogP contribution < -0.4 is 10.2 Å². The van der Waals surface area contributed by atoms with Gasteiger partial charge in [-0.1, -0.05) is 12.8 Å². The highest BCUT2D eigenvalue weighted by Gasteiger charge is 2.29. The van der Waals surface area contributed by atoms with Crippen LogP contribution in [0.2, 0.25) is 0 Å². The van der Waals surface area contributed by atoms with Gasteiger partial charge in [-0.25, -0.2) is 13.8 Å². The molecule has 1 saturated heterocycles. The average molecular weight is 414 g/mol. The summed E-state index contributed by atoms with van der Waals surface area (Å²) in [5.41, 5.74) is 0.336. The largest absolute Gasteiger partial charge is 0.353 e. The van der Waals surface area contributed by atoms with Crippen LogP contribution in [0.3, 0.4) is 0 Å². The monoisotopic (exact) mass is 414 g/mol. The van der Waals surface area contributed by atoms with Crippen LogP contribution in [0.15, 0.2) is 36.5 Å². The van der Waals surface area contributed by atoms with Gasteiger partial charge in [0.15, 0.2) is 0 Å². The SMILES string of the molecule is O=C(Nc1ccc(N2CCN(C(=O)C3CCCC3)CC2)nc1)c1cc(F)cc(F)c1. The zero-order chi connectivity index (χ0) is 21.1. The number of pyridine rings is 1. The summed E-state index contributed by atoms with van der Waals surface area (Å²) >= 11 is 0. The lowest BCUT2D eigenvalue weighted by atomic mass is 10.1. The van der Waals surface area contributed by atoms with Crippen LogP contribution in [0.5, 0.6) is 0 Å². The van der Waals surface area contributed by atoms with Crippen LogP contribution in [0, 0.1) is 17.6 Å². The van der Waals surface area contributed by atoms with Crippen LogP contribution in [-0.4, -0.2) is 47.9 Å². The molecule has 6 nitrogen and oxygen atoms in total. The van der Waals surface area contributed by atoms with Crippen LogP contribution in [0.1, 0.15) is 36.0 Å². The zero-order valence-corrected chi connectivity index (χ0v) is 16.6. The minimum absolute atomic E-state index is 0.0976. The van der Waals surface area contributed by atoms with E-state index in [9.17, 15) is 18.4 Å². The molecule has 30 heavy (non-hydrogen) atoms. The van der Waals surface area contributed by atoms with Gasteiger partial charge in [0.25, 0.3) is 5.91 Å². The third kappa shape index (κ3) is 4.58. The smallest absolute Gasteiger partial charge is 0.255 e. The summed E-state index contributed by atoms with van der Waals surface area (Å²) in [7, 11) is 0. The lowest BCUT2D eigenvalue weighted by Crippen LogP contribution is -2.50. The number of halogens is 2. The summed E-state index contributed by atoms with van der Waals surface area (Å²) in [5, 5.41) is 2.59. The molecule has 2 aliphatic rings. The maximum absolute atomic E-state index is 13.3. The second kappa shape index (κ2) is 8.77. The number of nitrogens with zero attached hydrogens (tertiary/aromatic N) is 3. The van der Waals surface area contributed by atoms with Crippen molar-refractivity contribution < 1.29 is 18.4 Å². The summed E-state index contributed by atoms with van der Waals surface area (Å²) in [6.45, 7) is 2.78. The van der Waals surface area contributed by atoms with Crippen LogP contribution >= 0.6 is 0 Å². The Morgan fingerprint density at radius 2 is 1.63 bits per heavy atom. The third-order valence-corrected chi connectivity index (χ3v) is 5.75. The normalized spacial score (nSPS) is 17.3. The summed E-state index contributed by atoms with van der Waals surface area (Å²) in [4.78, 5) is 33.2. The number of rotatable bonds is 4. The fourth-order valence-electron chi connectivity index (χ4n) is 4.12. The topological polar surface area (TPSA) is 65.5 Å². The summed E-state index contributed by atoms with van der Waals surface area (Å²) in [5.74, 6) is -0.978. The van der Waals surface area contributed by atoms with E-state index >= 15 is 0 Å². The Labute approximate surface area is 173 Å². The second-order valence-electron chi connectivity index (χ2n) is 7.81. The summed E-state index contributed by atoms with van der Waals surface area (Å²) < 4.78 is 26.6. The number of hydrogen-bond donors (Lipinski definition) is 1. The van der Waals surface area contributed by atoms with Crippen molar-refractivity contribution in [1.82, 2.24) is 9.88 Å². The molecular weight excluding hydrogens is 390 g/mol. The Morgan fingerprint density at radius 3 is 2.23 bits per heavy atom. The molecule has 8 heteroatoms. The molecule has 4 rings (SSSR count). The standard InChI is InChI=1S/C22H24F2N4O2/c23-17-11-16(12-18(24)13-17)21(29)26-19-5-6-20(25-14-19)27-7-9-28(10-8-27)22(30)15-3-1-2-4-15/h5-6,11-15H,1-4,7-10H2,(H,26,29). The van der Waals surface area contributed by atoms with Crippen LogP contribution in [-0.2, 0) is 4.79 Å². The van der Waals surface area contributed by atoms with Gasteiger partial charge in [-0.3, -0.25) is 9.59 Å². The molecule has 158 valence electrons. The highest BCUT2D eigenvalue weighted by atomic mass is 19.1. The molecule has 2 fully saturated rings. The minimum atomic E-state index is -0.806. The fraction of sp³-hybridized carbons (Fsp3) is 0.409. The Hall–Kier alpha value is -3.03. The van der Waals surface area contributed by atoms with Crippen molar-refractivity contribution in [2.75, 3.05) is 36.4 Å². The van der Waals surface area contributed by atoms with Gasteiger partial charge < -0.3 is 15.1 Å². The number of carbonyl (C=O) groups excluding carboxylic acids is 2. The first-order valence-corrected chi connectivity index (χ1v) is 10.3. The van der Waals surface area contributed by atoms with Gasteiger partial charge in [0.05, 0.1) is 11.9 Å². The fourth-order valence-corrected chi connectivity index (χ4v) is 4.12. The van der Waals surface area contributed by atoms with Crippen molar-refractivity contribution in [2.45, 2.75) is 25.7 Å². The van der Waals surface area contributed by atoms with E-state index in [-0.39, 0.29) is 17.4 Å². The van der Waals surface area contributed by atoms with Crippen molar-refractivity contribution in [3.8, 4) is 0 Å². The van der Waals surface area contributed by atoms with E-state index in [0.29, 0.717) is 37.9 Å². The second-order valence-corrected chi connectivity index (χ2v) is 7.81. The third-order valence-electron chi connectivity index (χ3n) is 5.75.